The Bertz CT molecular complexity index is 96.9. The predicted molar refractivity (Wildman–Crippen MR) is 55.7 cm³/mol. The van der Waals surface area contributed by atoms with Crippen LogP contribution in [0, 0.1) is 5.92 Å². The van der Waals surface area contributed by atoms with Crippen molar-refractivity contribution in [3.63, 3.8) is 0 Å². The first-order valence-corrected chi connectivity index (χ1v) is 5.07. The maximum absolute atomic E-state index is 4.38. The minimum absolute atomic E-state index is 0. The summed E-state index contributed by atoms with van der Waals surface area (Å²) >= 11 is 0. The minimum Gasteiger partial charge on any atom is -0.661 e. The summed E-state index contributed by atoms with van der Waals surface area (Å²) < 4.78 is 0. The topological polar surface area (TPSA) is 26.1 Å². The molecule has 0 aromatic rings. The van der Waals surface area contributed by atoms with Gasteiger partial charge in [-0.05, 0) is 24.9 Å². The molecule has 0 aliphatic heterocycles. The van der Waals surface area contributed by atoms with Crippen molar-refractivity contribution in [2.75, 3.05) is 19.6 Å². The van der Waals surface area contributed by atoms with Crippen molar-refractivity contribution in [3.8, 4) is 0 Å². The molecule has 0 bridgehead atoms. The Morgan fingerprint density at radius 2 is 1.85 bits per heavy atom. The van der Waals surface area contributed by atoms with Crippen molar-refractivity contribution in [3.05, 3.63) is 5.32 Å². The molecule has 0 aliphatic carbocycles. The summed E-state index contributed by atoms with van der Waals surface area (Å²) in [6.45, 7) is 11.7. The second-order valence-corrected chi connectivity index (χ2v) is 3.61. The maximum atomic E-state index is 4.38. The van der Waals surface area contributed by atoms with Crippen LogP contribution in [0.4, 0.5) is 0 Å². The summed E-state index contributed by atoms with van der Waals surface area (Å²) in [6.07, 6.45) is 1.23. The van der Waals surface area contributed by atoms with Gasteiger partial charge in [0.15, 0.2) is 0 Å². The van der Waals surface area contributed by atoms with Crippen LogP contribution in [0.5, 0.6) is 0 Å². The molecule has 0 fully saturated rings. The molecule has 0 spiro atoms. The molecule has 1 unspecified atom stereocenters. The van der Waals surface area contributed by atoms with Gasteiger partial charge in [0.05, 0.1) is 0 Å². The van der Waals surface area contributed by atoms with Gasteiger partial charge in [0.25, 0.3) is 0 Å². The molecule has 0 aliphatic rings. The van der Waals surface area contributed by atoms with Gasteiger partial charge in [-0.1, -0.05) is 27.7 Å². The van der Waals surface area contributed by atoms with E-state index in [0.29, 0.717) is 6.04 Å². The molecule has 0 amide bonds. The average Bonchev–Trinajstić information content (AvgIpc) is 2.00. The third kappa shape index (κ3) is 11.5. The van der Waals surface area contributed by atoms with Crippen LogP contribution in [0.3, 0.4) is 0 Å². The Balaban J connectivity index is 0. The van der Waals surface area contributed by atoms with Crippen LogP contribution in [0.25, 0.3) is 5.32 Å². The fourth-order valence-corrected chi connectivity index (χ4v) is 1.37. The molecule has 3 heteroatoms. The SMILES string of the molecule is CC[N-]CC(CC(C)C)NCC.[K+]. The summed E-state index contributed by atoms with van der Waals surface area (Å²) in [5.74, 6) is 0.765. The zero-order valence-electron chi connectivity index (χ0n) is 9.93. The van der Waals surface area contributed by atoms with Gasteiger partial charge in [0.1, 0.15) is 0 Å². The van der Waals surface area contributed by atoms with Gasteiger partial charge < -0.3 is 10.6 Å². The Morgan fingerprint density at radius 1 is 1.23 bits per heavy atom. The van der Waals surface area contributed by atoms with Crippen LogP contribution >= 0.6 is 0 Å². The summed E-state index contributed by atoms with van der Waals surface area (Å²) in [7, 11) is 0. The molecule has 0 aromatic carbocycles. The van der Waals surface area contributed by atoms with Crippen LogP contribution in [0.2, 0.25) is 0 Å². The van der Waals surface area contributed by atoms with E-state index >= 15 is 0 Å². The van der Waals surface area contributed by atoms with E-state index in [0.717, 1.165) is 25.6 Å². The first-order valence-electron chi connectivity index (χ1n) is 5.07. The molecular formula is C10H23KN2. The third-order valence-electron chi connectivity index (χ3n) is 1.82. The van der Waals surface area contributed by atoms with E-state index in [4.69, 9.17) is 0 Å². The standard InChI is InChI=1S/C10H23N2.K/c1-5-11-8-10(12-6-2)7-9(3)4;/h9-10,12H,5-8H2,1-4H3;/q-1;+1. The number of hydrogen-bond acceptors (Lipinski definition) is 1. The van der Waals surface area contributed by atoms with Gasteiger partial charge in [-0.2, -0.15) is 6.54 Å². The van der Waals surface area contributed by atoms with Crippen LogP contribution in [0.15, 0.2) is 0 Å². The molecular weight excluding hydrogens is 187 g/mol. The minimum atomic E-state index is 0. The van der Waals surface area contributed by atoms with Crippen molar-refractivity contribution in [2.45, 2.75) is 40.2 Å². The van der Waals surface area contributed by atoms with E-state index in [2.05, 4.69) is 38.3 Å². The van der Waals surface area contributed by atoms with E-state index in [1.807, 2.05) is 0 Å². The smallest absolute Gasteiger partial charge is 0.661 e. The molecule has 0 aromatic heterocycles. The fraction of sp³-hybridized carbons (Fsp3) is 1.00. The van der Waals surface area contributed by atoms with Crippen molar-refractivity contribution in [1.82, 2.24) is 5.32 Å². The fourth-order valence-electron chi connectivity index (χ4n) is 1.37. The Kier molecular flexibility index (Phi) is 15.2. The molecule has 0 rings (SSSR count). The zero-order valence-corrected chi connectivity index (χ0v) is 13.1. The Morgan fingerprint density at radius 3 is 2.23 bits per heavy atom. The van der Waals surface area contributed by atoms with Gasteiger partial charge in [0.2, 0.25) is 0 Å². The molecule has 13 heavy (non-hydrogen) atoms. The Hall–Kier alpha value is 1.56. The summed E-state index contributed by atoms with van der Waals surface area (Å²) in [4.78, 5) is 0. The zero-order chi connectivity index (χ0) is 9.40. The molecule has 0 radical (unpaired) electrons. The average molecular weight is 210 g/mol. The van der Waals surface area contributed by atoms with Gasteiger partial charge >= 0.3 is 51.4 Å². The van der Waals surface area contributed by atoms with E-state index in [1.54, 1.807) is 0 Å². The Labute approximate surface area is 126 Å². The second-order valence-electron chi connectivity index (χ2n) is 3.61. The van der Waals surface area contributed by atoms with Crippen LogP contribution in [-0.2, 0) is 0 Å². The second kappa shape index (κ2) is 11.6. The number of rotatable bonds is 7. The van der Waals surface area contributed by atoms with Crippen LogP contribution in [-0.4, -0.2) is 25.7 Å². The molecule has 0 heterocycles. The summed E-state index contributed by atoms with van der Waals surface area (Å²) in [5.41, 5.74) is 0. The molecule has 1 atom stereocenters. The third-order valence-corrected chi connectivity index (χ3v) is 1.82. The van der Waals surface area contributed by atoms with Crippen molar-refractivity contribution in [1.29, 1.82) is 0 Å². The molecule has 2 nitrogen and oxygen atoms in total. The van der Waals surface area contributed by atoms with Gasteiger partial charge in [-0.15, -0.1) is 6.54 Å². The number of nitrogens with one attached hydrogen (secondary N) is 1. The van der Waals surface area contributed by atoms with Gasteiger partial charge in [-0.25, -0.2) is 0 Å². The largest absolute Gasteiger partial charge is 1.00 e. The molecule has 1 N–H and O–H groups in total. The molecule has 0 saturated heterocycles. The first-order chi connectivity index (χ1) is 5.70. The van der Waals surface area contributed by atoms with Crippen molar-refractivity contribution < 1.29 is 51.4 Å². The number of hydrogen-bond donors (Lipinski definition) is 1. The van der Waals surface area contributed by atoms with E-state index < -0.39 is 0 Å². The van der Waals surface area contributed by atoms with E-state index in [1.165, 1.54) is 6.42 Å². The summed E-state index contributed by atoms with van der Waals surface area (Å²) in [5, 5.41) is 7.84. The molecule has 0 saturated carbocycles. The predicted octanol–water partition coefficient (Wildman–Crippen LogP) is -0.592. The normalized spacial score (nSPS) is 12.7. The van der Waals surface area contributed by atoms with E-state index in [9.17, 15) is 0 Å². The number of likely N-dealkylation sites (N-methyl/N-ethyl adjacent to an activating group) is 2. The maximum Gasteiger partial charge on any atom is 1.00 e. The monoisotopic (exact) mass is 210 g/mol. The molecule has 74 valence electrons. The van der Waals surface area contributed by atoms with Crippen molar-refractivity contribution >= 4 is 0 Å². The van der Waals surface area contributed by atoms with Crippen LogP contribution in [0.1, 0.15) is 34.1 Å². The van der Waals surface area contributed by atoms with E-state index in [-0.39, 0.29) is 51.4 Å². The van der Waals surface area contributed by atoms with Crippen molar-refractivity contribution in [2.24, 2.45) is 5.92 Å². The van der Waals surface area contributed by atoms with Gasteiger partial charge in [0, 0.05) is 0 Å². The van der Waals surface area contributed by atoms with Crippen LogP contribution < -0.4 is 56.7 Å². The van der Waals surface area contributed by atoms with Gasteiger partial charge in [-0.3, -0.25) is 0 Å². The number of nitrogens with zero attached hydrogens (tertiary/aromatic N) is 1. The first kappa shape index (κ1) is 17.0. The quantitative estimate of drug-likeness (QED) is 0.559. The summed E-state index contributed by atoms with van der Waals surface area (Å²) in [6, 6.07) is 0.593.